The van der Waals surface area contributed by atoms with E-state index in [-0.39, 0.29) is 12.0 Å². The molecule has 1 rings (SSSR count). The number of alkyl halides is 2. The third kappa shape index (κ3) is 2.37. The molecule has 15 heavy (non-hydrogen) atoms. The standard InChI is InChI=1S/C11H14F2O2/c1-4-11(12,13)8-5-6-9(14-2)10(7-8)15-3/h5-7H,4H2,1-3H3. The fourth-order valence-electron chi connectivity index (χ4n) is 1.27. The lowest BCUT2D eigenvalue weighted by atomic mass is 10.1. The van der Waals surface area contributed by atoms with E-state index in [0.717, 1.165) is 0 Å². The van der Waals surface area contributed by atoms with Crippen LogP contribution in [0.15, 0.2) is 18.2 Å². The van der Waals surface area contributed by atoms with Crippen molar-refractivity contribution in [3.8, 4) is 11.5 Å². The summed E-state index contributed by atoms with van der Waals surface area (Å²) in [5, 5.41) is 0. The van der Waals surface area contributed by atoms with Crippen LogP contribution in [-0.4, -0.2) is 14.2 Å². The second kappa shape index (κ2) is 4.47. The number of hydrogen-bond donors (Lipinski definition) is 0. The first kappa shape index (κ1) is 11.8. The van der Waals surface area contributed by atoms with E-state index < -0.39 is 5.92 Å². The molecule has 0 N–H and O–H groups in total. The molecule has 0 aromatic heterocycles. The Labute approximate surface area is 87.8 Å². The third-order valence-corrected chi connectivity index (χ3v) is 2.25. The van der Waals surface area contributed by atoms with Crippen LogP contribution in [0.4, 0.5) is 8.78 Å². The van der Waals surface area contributed by atoms with Crippen LogP contribution in [-0.2, 0) is 5.92 Å². The zero-order chi connectivity index (χ0) is 11.5. The van der Waals surface area contributed by atoms with Gasteiger partial charge in [-0.05, 0) is 18.2 Å². The zero-order valence-corrected chi connectivity index (χ0v) is 9.01. The van der Waals surface area contributed by atoms with Crippen LogP contribution in [0, 0.1) is 0 Å². The Morgan fingerprint density at radius 3 is 2.20 bits per heavy atom. The van der Waals surface area contributed by atoms with Crippen LogP contribution in [0.25, 0.3) is 0 Å². The van der Waals surface area contributed by atoms with E-state index in [0.29, 0.717) is 11.5 Å². The van der Waals surface area contributed by atoms with Crippen LogP contribution < -0.4 is 9.47 Å². The number of hydrogen-bond acceptors (Lipinski definition) is 2. The average Bonchev–Trinajstić information content (AvgIpc) is 2.28. The Morgan fingerprint density at radius 1 is 1.13 bits per heavy atom. The summed E-state index contributed by atoms with van der Waals surface area (Å²) in [7, 11) is 2.89. The van der Waals surface area contributed by atoms with Crippen molar-refractivity contribution < 1.29 is 18.3 Å². The molecule has 0 aliphatic carbocycles. The van der Waals surface area contributed by atoms with E-state index in [1.165, 1.54) is 39.3 Å². The smallest absolute Gasteiger partial charge is 0.273 e. The Kier molecular flexibility index (Phi) is 3.50. The van der Waals surface area contributed by atoms with E-state index in [9.17, 15) is 8.78 Å². The molecule has 1 aromatic rings. The van der Waals surface area contributed by atoms with Gasteiger partial charge >= 0.3 is 0 Å². The topological polar surface area (TPSA) is 18.5 Å². The zero-order valence-electron chi connectivity index (χ0n) is 9.01. The molecule has 4 heteroatoms. The van der Waals surface area contributed by atoms with E-state index in [1.807, 2.05) is 0 Å². The fraction of sp³-hybridized carbons (Fsp3) is 0.455. The summed E-state index contributed by atoms with van der Waals surface area (Å²) < 4.78 is 36.6. The van der Waals surface area contributed by atoms with Gasteiger partial charge in [0.25, 0.3) is 5.92 Å². The predicted octanol–water partition coefficient (Wildman–Crippen LogP) is 3.21. The van der Waals surface area contributed by atoms with Crippen LogP contribution in [0.2, 0.25) is 0 Å². The summed E-state index contributed by atoms with van der Waals surface area (Å²) in [6, 6.07) is 4.14. The largest absolute Gasteiger partial charge is 0.493 e. The van der Waals surface area contributed by atoms with Gasteiger partial charge in [-0.1, -0.05) is 6.92 Å². The molecule has 0 aliphatic rings. The maximum absolute atomic E-state index is 13.3. The summed E-state index contributed by atoms with van der Waals surface area (Å²) in [4.78, 5) is 0. The number of ether oxygens (including phenoxy) is 2. The number of benzene rings is 1. The summed E-state index contributed by atoms with van der Waals surface area (Å²) >= 11 is 0. The molecule has 0 spiro atoms. The van der Waals surface area contributed by atoms with Gasteiger partial charge in [-0.2, -0.15) is 0 Å². The van der Waals surface area contributed by atoms with Crippen molar-refractivity contribution in [3.63, 3.8) is 0 Å². The molecule has 0 saturated carbocycles. The molecule has 0 fully saturated rings. The van der Waals surface area contributed by atoms with Crippen LogP contribution in [0.1, 0.15) is 18.9 Å². The molecule has 2 nitrogen and oxygen atoms in total. The molecule has 0 radical (unpaired) electrons. The van der Waals surface area contributed by atoms with Gasteiger partial charge in [0.15, 0.2) is 11.5 Å². The molecule has 1 aromatic carbocycles. The lowest BCUT2D eigenvalue weighted by Gasteiger charge is -2.16. The fourth-order valence-corrected chi connectivity index (χ4v) is 1.27. The third-order valence-electron chi connectivity index (χ3n) is 2.25. The van der Waals surface area contributed by atoms with Gasteiger partial charge in [-0.15, -0.1) is 0 Å². The summed E-state index contributed by atoms with van der Waals surface area (Å²) in [5.41, 5.74) is -0.0531. The number of rotatable bonds is 4. The lowest BCUT2D eigenvalue weighted by molar-refractivity contribution is -0.00850. The molecule has 0 bridgehead atoms. The lowest BCUT2D eigenvalue weighted by Crippen LogP contribution is -2.11. The van der Waals surface area contributed by atoms with Gasteiger partial charge in [0.05, 0.1) is 14.2 Å². The van der Waals surface area contributed by atoms with Gasteiger partial charge in [-0.25, -0.2) is 8.78 Å². The van der Waals surface area contributed by atoms with Crippen molar-refractivity contribution in [3.05, 3.63) is 23.8 Å². The maximum atomic E-state index is 13.3. The van der Waals surface area contributed by atoms with E-state index in [4.69, 9.17) is 9.47 Å². The Bertz CT molecular complexity index is 337. The second-order valence-electron chi connectivity index (χ2n) is 3.13. The molecule has 0 unspecified atom stereocenters. The normalized spacial score (nSPS) is 11.3. The van der Waals surface area contributed by atoms with Crippen LogP contribution in [0.5, 0.6) is 11.5 Å². The molecule has 0 heterocycles. The highest BCUT2D eigenvalue weighted by Crippen LogP contribution is 2.36. The Hall–Kier alpha value is -1.32. The minimum absolute atomic E-state index is 0.0531. The van der Waals surface area contributed by atoms with Gasteiger partial charge in [0, 0.05) is 12.0 Å². The van der Waals surface area contributed by atoms with E-state index in [2.05, 4.69) is 0 Å². The van der Waals surface area contributed by atoms with Gasteiger partial charge in [0.2, 0.25) is 0 Å². The van der Waals surface area contributed by atoms with Crippen molar-refractivity contribution in [2.24, 2.45) is 0 Å². The first-order valence-corrected chi connectivity index (χ1v) is 4.65. The summed E-state index contributed by atoms with van der Waals surface area (Å²) in [6.45, 7) is 1.44. The van der Waals surface area contributed by atoms with E-state index in [1.54, 1.807) is 0 Å². The van der Waals surface area contributed by atoms with Crippen molar-refractivity contribution >= 4 is 0 Å². The molecule has 0 aliphatic heterocycles. The SMILES string of the molecule is CCC(F)(F)c1ccc(OC)c(OC)c1. The number of halogens is 2. The summed E-state index contributed by atoms with van der Waals surface area (Å²) in [5.74, 6) is -2.05. The monoisotopic (exact) mass is 216 g/mol. The molecule has 0 saturated heterocycles. The Morgan fingerprint density at radius 2 is 1.73 bits per heavy atom. The highest BCUT2D eigenvalue weighted by molar-refractivity contribution is 5.44. The van der Waals surface area contributed by atoms with Crippen LogP contribution >= 0.6 is 0 Å². The minimum atomic E-state index is -2.82. The Balaban J connectivity index is 3.13. The van der Waals surface area contributed by atoms with Gasteiger partial charge in [-0.3, -0.25) is 0 Å². The minimum Gasteiger partial charge on any atom is -0.493 e. The highest BCUT2D eigenvalue weighted by atomic mass is 19.3. The second-order valence-corrected chi connectivity index (χ2v) is 3.13. The first-order valence-electron chi connectivity index (χ1n) is 4.65. The average molecular weight is 216 g/mol. The predicted molar refractivity (Wildman–Crippen MR) is 53.7 cm³/mol. The van der Waals surface area contributed by atoms with Crippen molar-refractivity contribution in [1.82, 2.24) is 0 Å². The molecule has 0 atom stereocenters. The van der Waals surface area contributed by atoms with Crippen molar-refractivity contribution in [1.29, 1.82) is 0 Å². The summed E-state index contributed by atoms with van der Waals surface area (Å²) in [6.07, 6.45) is -0.234. The van der Waals surface area contributed by atoms with Crippen molar-refractivity contribution in [2.75, 3.05) is 14.2 Å². The molecular formula is C11H14F2O2. The molecular weight excluding hydrogens is 202 g/mol. The van der Waals surface area contributed by atoms with Crippen molar-refractivity contribution in [2.45, 2.75) is 19.3 Å². The molecule has 84 valence electrons. The number of methoxy groups -OCH3 is 2. The first-order chi connectivity index (χ1) is 7.05. The highest BCUT2D eigenvalue weighted by Gasteiger charge is 2.29. The van der Waals surface area contributed by atoms with Gasteiger partial charge < -0.3 is 9.47 Å². The van der Waals surface area contributed by atoms with E-state index >= 15 is 0 Å². The maximum Gasteiger partial charge on any atom is 0.273 e. The quantitative estimate of drug-likeness (QED) is 0.769. The van der Waals surface area contributed by atoms with Crippen LogP contribution in [0.3, 0.4) is 0 Å². The molecule has 0 amide bonds. The van der Waals surface area contributed by atoms with Gasteiger partial charge in [0.1, 0.15) is 0 Å².